The van der Waals surface area contributed by atoms with Gasteiger partial charge in [0.2, 0.25) is 0 Å². The van der Waals surface area contributed by atoms with Gasteiger partial charge < -0.3 is 19.3 Å². The number of aliphatic hydroxyl groups is 1. The summed E-state index contributed by atoms with van der Waals surface area (Å²) >= 11 is 0. The second kappa shape index (κ2) is 14.9. The molecular weight excluding hydrogens is 460 g/mol. The minimum Gasteiger partial charge on any atom is -0.388 e. The summed E-state index contributed by atoms with van der Waals surface area (Å²) in [6, 6.07) is 39.9. The van der Waals surface area contributed by atoms with Crippen LogP contribution in [0.3, 0.4) is 0 Å². The molecule has 37 heavy (non-hydrogen) atoms. The first-order valence-electron chi connectivity index (χ1n) is 12.6. The summed E-state index contributed by atoms with van der Waals surface area (Å²) in [5.74, 6) is 0. The molecule has 4 aromatic rings. The van der Waals surface area contributed by atoms with Crippen molar-refractivity contribution in [3.63, 3.8) is 0 Å². The molecule has 0 amide bonds. The second-order valence-electron chi connectivity index (χ2n) is 8.86. The van der Waals surface area contributed by atoms with Gasteiger partial charge in [0.25, 0.3) is 0 Å². The lowest BCUT2D eigenvalue weighted by atomic mass is 10.1. The highest BCUT2D eigenvalue weighted by molar-refractivity contribution is 5.49. The van der Waals surface area contributed by atoms with Crippen LogP contribution >= 0.6 is 0 Å². The predicted molar refractivity (Wildman–Crippen MR) is 148 cm³/mol. The van der Waals surface area contributed by atoms with Gasteiger partial charge in [0, 0.05) is 0 Å². The van der Waals surface area contributed by atoms with Gasteiger partial charge in [0.05, 0.1) is 26.4 Å². The average Bonchev–Trinajstić information content (AvgIpc) is 2.96. The van der Waals surface area contributed by atoms with Crippen molar-refractivity contribution in [1.82, 2.24) is 0 Å². The van der Waals surface area contributed by atoms with Crippen molar-refractivity contribution >= 4 is 6.08 Å². The fraction of sp³-hybridized carbons (Fsp3) is 0.212. The first-order chi connectivity index (χ1) is 18.3. The lowest BCUT2D eigenvalue weighted by molar-refractivity contribution is -0.133. The summed E-state index contributed by atoms with van der Waals surface area (Å²) in [7, 11) is 0. The zero-order valence-electron chi connectivity index (χ0n) is 20.9. The maximum Gasteiger partial charge on any atom is 0.116 e. The van der Waals surface area contributed by atoms with Crippen LogP contribution in [0.1, 0.15) is 22.3 Å². The topological polar surface area (TPSA) is 47.9 Å². The molecule has 0 aliphatic carbocycles. The van der Waals surface area contributed by atoms with Gasteiger partial charge in [-0.1, -0.05) is 133 Å². The number of hydrogen-bond donors (Lipinski definition) is 1. The summed E-state index contributed by atoms with van der Waals surface area (Å²) in [6.07, 6.45) is 1.94. The minimum absolute atomic E-state index is 0.124. The number of aliphatic hydroxyl groups excluding tert-OH is 1. The van der Waals surface area contributed by atoms with Crippen molar-refractivity contribution in [3.8, 4) is 0 Å². The summed E-state index contributed by atoms with van der Waals surface area (Å²) < 4.78 is 18.6. The normalized spacial score (nSPS) is 13.9. The monoisotopic (exact) mass is 494 g/mol. The lowest BCUT2D eigenvalue weighted by Gasteiger charge is -2.29. The van der Waals surface area contributed by atoms with Gasteiger partial charge in [-0.25, -0.2) is 0 Å². The van der Waals surface area contributed by atoms with E-state index in [2.05, 4.69) is 0 Å². The van der Waals surface area contributed by atoms with Crippen LogP contribution in [-0.2, 0) is 34.0 Å². The molecule has 3 atom stereocenters. The van der Waals surface area contributed by atoms with E-state index in [1.165, 1.54) is 0 Å². The van der Waals surface area contributed by atoms with Crippen molar-refractivity contribution in [2.45, 2.75) is 38.1 Å². The van der Waals surface area contributed by atoms with Gasteiger partial charge >= 0.3 is 0 Å². The Hall–Kier alpha value is -3.54. The Kier molecular flexibility index (Phi) is 10.7. The van der Waals surface area contributed by atoms with Crippen LogP contribution in [0, 0.1) is 0 Å². The SMILES string of the molecule is O[C@@H](COCc1ccccc1)[C@@H](OCc1ccccc1)[C@@H](/C=C/c1ccccc1)OCc1ccccc1. The molecule has 190 valence electrons. The Morgan fingerprint density at radius 2 is 1.03 bits per heavy atom. The largest absolute Gasteiger partial charge is 0.388 e. The molecule has 0 aromatic heterocycles. The zero-order chi connectivity index (χ0) is 25.5. The van der Waals surface area contributed by atoms with Crippen LogP contribution in [0.15, 0.2) is 127 Å². The Bertz CT molecular complexity index is 1160. The van der Waals surface area contributed by atoms with Crippen molar-refractivity contribution < 1.29 is 19.3 Å². The molecule has 0 heterocycles. The molecule has 4 nitrogen and oxygen atoms in total. The molecule has 0 bridgehead atoms. The third kappa shape index (κ3) is 9.12. The van der Waals surface area contributed by atoms with E-state index < -0.39 is 18.3 Å². The fourth-order valence-electron chi connectivity index (χ4n) is 3.95. The third-order valence-corrected chi connectivity index (χ3v) is 5.95. The molecule has 0 aliphatic rings. The molecular formula is C33H34O4. The quantitative estimate of drug-likeness (QED) is 0.219. The van der Waals surface area contributed by atoms with Gasteiger partial charge in [-0.3, -0.25) is 0 Å². The lowest BCUT2D eigenvalue weighted by Crippen LogP contribution is -2.42. The third-order valence-electron chi connectivity index (χ3n) is 5.95. The van der Waals surface area contributed by atoms with E-state index in [9.17, 15) is 5.11 Å². The average molecular weight is 495 g/mol. The number of ether oxygens (including phenoxy) is 3. The molecule has 4 aromatic carbocycles. The van der Waals surface area contributed by atoms with Crippen LogP contribution in [0.2, 0.25) is 0 Å². The Balaban J connectivity index is 1.51. The molecule has 4 rings (SSSR count). The van der Waals surface area contributed by atoms with E-state index in [0.717, 1.165) is 22.3 Å². The van der Waals surface area contributed by atoms with Gasteiger partial charge in [-0.15, -0.1) is 0 Å². The highest BCUT2D eigenvalue weighted by atomic mass is 16.6. The highest BCUT2D eigenvalue weighted by Gasteiger charge is 2.29. The van der Waals surface area contributed by atoms with Crippen molar-refractivity contribution in [2.75, 3.05) is 6.61 Å². The van der Waals surface area contributed by atoms with E-state index in [1.807, 2.05) is 133 Å². The summed E-state index contributed by atoms with van der Waals surface area (Å²) in [5.41, 5.74) is 4.18. The van der Waals surface area contributed by atoms with Crippen LogP contribution in [0.5, 0.6) is 0 Å². The molecule has 0 aliphatic heterocycles. The maximum absolute atomic E-state index is 11.3. The zero-order valence-corrected chi connectivity index (χ0v) is 20.9. The first kappa shape index (κ1) is 26.5. The second-order valence-corrected chi connectivity index (χ2v) is 8.86. The van der Waals surface area contributed by atoms with Crippen molar-refractivity contribution in [2.24, 2.45) is 0 Å². The molecule has 1 N–H and O–H groups in total. The van der Waals surface area contributed by atoms with E-state index in [1.54, 1.807) is 0 Å². The van der Waals surface area contributed by atoms with Crippen LogP contribution < -0.4 is 0 Å². The standard InChI is InChI=1S/C33H34O4/c34-31(26-35-23-28-15-7-2-8-16-28)33(37-25-30-19-11-4-12-20-30)32(22-21-27-13-5-1-6-14-27)36-24-29-17-9-3-10-18-29/h1-22,31-34H,23-26H2/b22-21+/t31-,32+,33+/m0/s1. The van der Waals surface area contributed by atoms with Gasteiger partial charge in [-0.05, 0) is 22.3 Å². The van der Waals surface area contributed by atoms with Gasteiger partial charge in [-0.2, -0.15) is 0 Å². The molecule has 0 saturated carbocycles. The van der Waals surface area contributed by atoms with Gasteiger partial charge in [0.1, 0.15) is 18.3 Å². The minimum atomic E-state index is -0.895. The van der Waals surface area contributed by atoms with E-state index in [-0.39, 0.29) is 6.61 Å². The maximum atomic E-state index is 11.3. The molecule has 0 saturated heterocycles. The summed E-state index contributed by atoms with van der Waals surface area (Å²) in [6.45, 7) is 1.29. The molecule has 0 unspecified atom stereocenters. The van der Waals surface area contributed by atoms with Crippen molar-refractivity contribution in [1.29, 1.82) is 0 Å². The van der Waals surface area contributed by atoms with Crippen molar-refractivity contribution in [3.05, 3.63) is 150 Å². The van der Waals surface area contributed by atoms with Crippen LogP contribution in [0.4, 0.5) is 0 Å². The van der Waals surface area contributed by atoms with E-state index in [0.29, 0.717) is 19.8 Å². The molecule has 0 spiro atoms. The van der Waals surface area contributed by atoms with E-state index >= 15 is 0 Å². The molecule has 4 heteroatoms. The number of hydrogen-bond acceptors (Lipinski definition) is 4. The Labute approximate surface area is 219 Å². The number of rotatable bonds is 14. The predicted octanol–water partition coefficient (Wildman–Crippen LogP) is 6.45. The smallest absolute Gasteiger partial charge is 0.116 e. The Morgan fingerprint density at radius 3 is 1.57 bits per heavy atom. The van der Waals surface area contributed by atoms with Crippen LogP contribution in [0.25, 0.3) is 6.08 Å². The Morgan fingerprint density at radius 1 is 0.568 bits per heavy atom. The summed E-state index contributed by atoms with van der Waals surface area (Å²) in [5, 5.41) is 11.3. The first-order valence-corrected chi connectivity index (χ1v) is 12.6. The fourth-order valence-corrected chi connectivity index (χ4v) is 3.95. The van der Waals surface area contributed by atoms with E-state index in [4.69, 9.17) is 14.2 Å². The molecule has 0 fully saturated rings. The van der Waals surface area contributed by atoms with Crippen LogP contribution in [-0.4, -0.2) is 30.0 Å². The summed E-state index contributed by atoms with van der Waals surface area (Å²) in [4.78, 5) is 0. The number of benzene rings is 4. The molecule has 0 radical (unpaired) electrons. The highest BCUT2D eigenvalue weighted by Crippen LogP contribution is 2.18. The van der Waals surface area contributed by atoms with Gasteiger partial charge in [0.15, 0.2) is 0 Å².